The molecule has 0 heterocycles. The minimum atomic E-state index is 0.559. The summed E-state index contributed by atoms with van der Waals surface area (Å²) < 4.78 is 5.62. The monoisotopic (exact) mass is 227 g/mol. The van der Waals surface area contributed by atoms with Crippen molar-refractivity contribution in [3.05, 3.63) is 23.2 Å². The van der Waals surface area contributed by atoms with E-state index in [0.717, 1.165) is 0 Å². The largest absolute Gasteiger partial charge is 0.492 e. The smallest absolute Gasteiger partial charge is 0.138 e. The van der Waals surface area contributed by atoms with Gasteiger partial charge in [-0.05, 0) is 30.5 Å². The Kier molecular flexibility index (Phi) is 4.76. The fraction of sp³-hybridized carbons (Fsp3) is 0.500. The molecule has 0 unspecified atom stereocenters. The number of hydrogen-bond acceptors (Lipinski definition) is 2. The lowest BCUT2D eigenvalue weighted by molar-refractivity contribution is 0.251. The van der Waals surface area contributed by atoms with Crippen molar-refractivity contribution in [2.24, 2.45) is 5.92 Å². The fourth-order valence-electron chi connectivity index (χ4n) is 1.44. The van der Waals surface area contributed by atoms with Gasteiger partial charge in [-0.25, -0.2) is 0 Å². The van der Waals surface area contributed by atoms with Crippen LogP contribution in [-0.2, 0) is 0 Å². The number of nitrogens with two attached hydrogens (primary N) is 1. The number of rotatable bonds is 5. The SMILES string of the molecule is CCC[C@@H](C)COc1ccc(N)cc1Cl. The Hall–Kier alpha value is -0.890. The average molecular weight is 228 g/mol. The number of ether oxygens (including phenoxy) is 1. The molecule has 0 radical (unpaired) electrons. The molecule has 0 spiro atoms. The van der Waals surface area contributed by atoms with Gasteiger partial charge in [-0.15, -0.1) is 0 Å². The number of hydrogen-bond donors (Lipinski definition) is 1. The summed E-state index contributed by atoms with van der Waals surface area (Å²) >= 11 is 5.99. The highest BCUT2D eigenvalue weighted by Gasteiger charge is 2.05. The van der Waals surface area contributed by atoms with E-state index in [4.69, 9.17) is 22.1 Å². The van der Waals surface area contributed by atoms with Gasteiger partial charge in [-0.1, -0.05) is 31.9 Å². The minimum absolute atomic E-state index is 0.559. The zero-order valence-corrected chi connectivity index (χ0v) is 10.1. The van der Waals surface area contributed by atoms with Crippen LogP contribution in [0.1, 0.15) is 26.7 Å². The first-order valence-corrected chi connectivity index (χ1v) is 5.69. The molecular weight excluding hydrogens is 210 g/mol. The summed E-state index contributed by atoms with van der Waals surface area (Å²) in [6.45, 7) is 5.05. The molecule has 15 heavy (non-hydrogen) atoms. The van der Waals surface area contributed by atoms with Crippen LogP contribution in [0.25, 0.3) is 0 Å². The van der Waals surface area contributed by atoms with Gasteiger partial charge in [0.05, 0.1) is 11.6 Å². The van der Waals surface area contributed by atoms with Crippen LogP contribution in [0.3, 0.4) is 0 Å². The lowest BCUT2D eigenvalue weighted by Gasteiger charge is -2.13. The molecule has 84 valence electrons. The van der Waals surface area contributed by atoms with E-state index in [0.29, 0.717) is 29.0 Å². The first-order chi connectivity index (χ1) is 7.13. The molecule has 0 bridgehead atoms. The summed E-state index contributed by atoms with van der Waals surface area (Å²) in [5, 5.41) is 0.582. The summed E-state index contributed by atoms with van der Waals surface area (Å²) in [6, 6.07) is 5.32. The van der Waals surface area contributed by atoms with Gasteiger partial charge in [-0.3, -0.25) is 0 Å². The van der Waals surface area contributed by atoms with Gasteiger partial charge >= 0.3 is 0 Å². The van der Waals surface area contributed by atoms with Gasteiger partial charge in [0.25, 0.3) is 0 Å². The van der Waals surface area contributed by atoms with Crippen molar-refractivity contribution in [3.63, 3.8) is 0 Å². The van der Waals surface area contributed by atoms with Crippen LogP contribution in [0.5, 0.6) is 5.75 Å². The summed E-state index contributed by atoms with van der Waals surface area (Å²) in [5.41, 5.74) is 6.25. The highest BCUT2D eigenvalue weighted by atomic mass is 35.5. The Morgan fingerprint density at radius 2 is 2.20 bits per heavy atom. The Morgan fingerprint density at radius 1 is 1.47 bits per heavy atom. The van der Waals surface area contributed by atoms with Crippen molar-refractivity contribution in [1.29, 1.82) is 0 Å². The van der Waals surface area contributed by atoms with Crippen LogP contribution in [-0.4, -0.2) is 6.61 Å². The molecule has 0 aliphatic rings. The molecule has 0 fully saturated rings. The first kappa shape index (κ1) is 12.2. The molecule has 1 atom stereocenters. The molecule has 0 amide bonds. The standard InChI is InChI=1S/C12H18ClNO/c1-3-4-9(2)8-15-12-6-5-10(14)7-11(12)13/h5-7,9H,3-4,8,14H2,1-2H3/t9-/m1/s1. The molecule has 1 aromatic carbocycles. The van der Waals surface area contributed by atoms with Gasteiger partial charge in [0, 0.05) is 5.69 Å². The number of anilines is 1. The van der Waals surface area contributed by atoms with E-state index in [9.17, 15) is 0 Å². The summed E-state index contributed by atoms with van der Waals surface area (Å²) in [4.78, 5) is 0. The Bertz CT molecular complexity index is 314. The van der Waals surface area contributed by atoms with Gasteiger partial charge in [0.1, 0.15) is 5.75 Å². The van der Waals surface area contributed by atoms with Crippen LogP contribution < -0.4 is 10.5 Å². The predicted molar refractivity (Wildman–Crippen MR) is 65.4 cm³/mol. The average Bonchev–Trinajstić information content (AvgIpc) is 2.17. The maximum atomic E-state index is 5.99. The van der Waals surface area contributed by atoms with Crippen LogP contribution in [0.2, 0.25) is 5.02 Å². The molecule has 0 saturated heterocycles. The molecular formula is C12H18ClNO. The van der Waals surface area contributed by atoms with Gasteiger partial charge in [-0.2, -0.15) is 0 Å². The molecule has 2 N–H and O–H groups in total. The molecule has 3 heteroatoms. The molecule has 0 aliphatic carbocycles. The second-order valence-electron chi connectivity index (χ2n) is 3.89. The topological polar surface area (TPSA) is 35.2 Å². The predicted octanol–water partition coefficient (Wildman–Crippen LogP) is 3.74. The number of halogens is 1. The van der Waals surface area contributed by atoms with Crippen molar-refractivity contribution in [2.75, 3.05) is 12.3 Å². The van der Waals surface area contributed by atoms with Gasteiger partial charge in [0.15, 0.2) is 0 Å². The van der Waals surface area contributed by atoms with E-state index in [2.05, 4.69) is 13.8 Å². The highest BCUT2D eigenvalue weighted by molar-refractivity contribution is 6.32. The third kappa shape index (κ3) is 4.00. The second-order valence-corrected chi connectivity index (χ2v) is 4.30. The maximum absolute atomic E-state index is 5.99. The van der Waals surface area contributed by atoms with E-state index in [-0.39, 0.29) is 0 Å². The summed E-state index contributed by atoms with van der Waals surface area (Å²) in [6.07, 6.45) is 2.35. The van der Waals surface area contributed by atoms with Crippen LogP contribution in [0.4, 0.5) is 5.69 Å². The third-order valence-electron chi connectivity index (χ3n) is 2.26. The molecule has 2 nitrogen and oxygen atoms in total. The maximum Gasteiger partial charge on any atom is 0.138 e. The zero-order valence-electron chi connectivity index (χ0n) is 9.29. The molecule has 1 rings (SSSR count). The molecule has 1 aromatic rings. The Balaban J connectivity index is 2.50. The van der Waals surface area contributed by atoms with Crippen LogP contribution in [0.15, 0.2) is 18.2 Å². The molecule has 0 saturated carbocycles. The third-order valence-corrected chi connectivity index (χ3v) is 2.56. The summed E-state index contributed by atoms with van der Waals surface area (Å²) in [7, 11) is 0. The normalized spacial score (nSPS) is 12.5. The number of nitrogen functional groups attached to an aromatic ring is 1. The lowest BCUT2D eigenvalue weighted by atomic mass is 10.1. The highest BCUT2D eigenvalue weighted by Crippen LogP contribution is 2.26. The van der Waals surface area contributed by atoms with Crippen molar-refractivity contribution < 1.29 is 4.74 Å². The van der Waals surface area contributed by atoms with E-state index < -0.39 is 0 Å². The zero-order chi connectivity index (χ0) is 11.3. The van der Waals surface area contributed by atoms with Crippen molar-refractivity contribution in [3.8, 4) is 5.75 Å². The minimum Gasteiger partial charge on any atom is -0.492 e. The van der Waals surface area contributed by atoms with Gasteiger partial charge < -0.3 is 10.5 Å². The second kappa shape index (κ2) is 5.86. The molecule has 0 aromatic heterocycles. The van der Waals surface area contributed by atoms with Crippen molar-refractivity contribution in [2.45, 2.75) is 26.7 Å². The van der Waals surface area contributed by atoms with Crippen molar-refractivity contribution >= 4 is 17.3 Å². The van der Waals surface area contributed by atoms with E-state index in [1.54, 1.807) is 12.1 Å². The van der Waals surface area contributed by atoms with Crippen LogP contribution in [0, 0.1) is 5.92 Å². The summed E-state index contributed by atoms with van der Waals surface area (Å²) in [5.74, 6) is 1.28. The molecule has 0 aliphatic heterocycles. The van der Waals surface area contributed by atoms with Gasteiger partial charge in [0.2, 0.25) is 0 Å². The Morgan fingerprint density at radius 3 is 2.80 bits per heavy atom. The lowest BCUT2D eigenvalue weighted by Crippen LogP contribution is -2.08. The Labute approximate surface area is 96.4 Å². The van der Waals surface area contributed by atoms with E-state index in [1.165, 1.54) is 12.8 Å². The first-order valence-electron chi connectivity index (χ1n) is 5.31. The van der Waals surface area contributed by atoms with Crippen LogP contribution >= 0.6 is 11.6 Å². The van der Waals surface area contributed by atoms with E-state index >= 15 is 0 Å². The van der Waals surface area contributed by atoms with Crippen molar-refractivity contribution in [1.82, 2.24) is 0 Å². The van der Waals surface area contributed by atoms with E-state index in [1.807, 2.05) is 6.07 Å². The quantitative estimate of drug-likeness (QED) is 0.778. The fourth-order valence-corrected chi connectivity index (χ4v) is 1.69. The number of benzene rings is 1.